The number of nitrogens with one attached hydrogen (secondary N) is 2. The van der Waals surface area contributed by atoms with Crippen LogP contribution in [0.3, 0.4) is 0 Å². The van der Waals surface area contributed by atoms with E-state index in [-0.39, 0.29) is 23.9 Å². The van der Waals surface area contributed by atoms with Crippen LogP contribution >= 0.6 is 0 Å². The Hall–Kier alpha value is -3.28. The van der Waals surface area contributed by atoms with Crippen LogP contribution in [0.2, 0.25) is 0 Å². The van der Waals surface area contributed by atoms with Crippen LogP contribution in [0.4, 0.5) is 0 Å². The van der Waals surface area contributed by atoms with Crippen molar-refractivity contribution in [2.45, 2.75) is 39.2 Å². The van der Waals surface area contributed by atoms with E-state index in [1.165, 1.54) is 5.56 Å². The van der Waals surface area contributed by atoms with Gasteiger partial charge in [-0.3, -0.25) is 14.6 Å². The summed E-state index contributed by atoms with van der Waals surface area (Å²) in [4.78, 5) is 36.1. The van der Waals surface area contributed by atoms with E-state index in [9.17, 15) is 9.59 Å². The van der Waals surface area contributed by atoms with Gasteiger partial charge in [-0.15, -0.1) is 0 Å². The molecule has 0 aliphatic carbocycles. The zero-order chi connectivity index (χ0) is 19.9. The molecule has 0 radical (unpaired) electrons. The Bertz CT molecular complexity index is 984. The molecule has 0 bridgehead atoms. The molecule has 6 heteroatoms. The number of H-pyrrole nitrogens is 1. The summed E-state index contributed by atoms with van der Waals surface area (Å²) in [6, 6.07) is 13.8. The summed E-state index contributed by atoms with van der Waals surface area (Å²) in [6.07, 6.45) is 5.04. The molecular weight excluding hydrogens is 352 g/mol. The minimum atomic E-state index is -0.293. The second-order valence-electron chi connectivity index (χ2n) is 6.89. The lowest BCUT2D eigenvalue weighted by atomic mass is 10.1. The van der Waals surface area contributed by atoms with Gasteiger partial charge in [0.25, 0.3) is 5.56 Å². The number of aromatic amines is 1. The normalized spacial score (nSPS) is 11.8. The zero-order valence-electron chi connectivity index (χ0n) is 16.1. The Morgan fingerprint density at radius 2 is 1.96 bits per heavy atom. The lowest BCUT2D eigenvalue weighted by molar-refractivity contribution is -0.121. The molecule has 2 N–H and O–H groups in total. The number of aromatic nitrogens is 3. The Balaban J connectivity index is 1.61. The molecule has 1 amide bonds. The van der Waals surface area contributed by atoms with Crippen molar-refractivity contribution >= 4 is 5.91 Å². The van der Waals surface area contributed by atoms with Gasteiger partial charge in [-0.05, 0) is 44.4 Å². The maximum absolute atomic E-state index is 12.5. The maximum Gasteiger partial charge on any atom is 0.255 e. The highest BCUT2D eigenvalue weighted by atomic mass is 16.2. The minimum Gasteiger partial charge on any atom is -0.353 e. The van der Waals surface area contributed by atoms with Gasteiger partial charge in [0.2, 0.25) is 5.91 Å². The summed E-state index contributed by atoms with van der Waals surface area (Å²) in [7, 11) is 0. The molecule has 0 aliphatic heterocycles. The summed E-state index contributed by atoms with van der Waals surface area (Å²) in [5.41, 5.74) is 2.62. The minimum absolute atomic E-state index is 0.0111. The molecule has 0 fully saturated rings. The Morgan fingerprint density at radius 1 is 1.18 bits per heavy atom. The Labute approximate surface area is 164 Å². The van der Waals surface area contributed by atoms with Gasteiger partial charge in [0.05, 0.1) is 6.42 Å². The molecule has 2 aromatic heterocycles. The van der Waals surface area contributed by atoms with Crippen molar-refractivity contribution < 1.29 is 4.79 Å². The summed E-state index contributed by atoms with van der Waals surface area (Å²) < 4.78 is 0. The van der Waals surface area contributed by atoms with Gasteiger partial charge in [-0.2, -0.15) is 0 Å². The highest BCUT2D eigenvalue weighted by molar-refractivity contribution is 5.79. The highest BCUT2D eigenvalue weighted by Gasteiger charge is 2.15. The molecule has 1 aromatic carbocycles. The average molecular weight is 376 g/mol. The molecule has 0 saturated heterocycles. The van der Waals surface area contributed by atoms with E-state index in [4.69, 9.17) is 0 Å². The number of carbonyl (C=O) groups is 1. The number of nitrogens with zero attached hydrogens (tertiary/aromatic N) is 2. The van der Waals surface area contributed by atoms with Crippen molar-refractivity contribution in [3.8, 4) is 11.4 Å². The third-order valence-electron chi connectivity index (χ3n) is 4.61. The molecule has 28 heavy (non-hydrogen) atoms. The molecule has 0 saturated carbocycles. The van der Waals surface area contributed by atoms with Gasteiger partial charge < -0.3 is 10.3 Å². The first-order chi connectivity index (χ1) is 13.5. The lowest BCUT2D eigenvalue weighted by Gasteiger charge is -2.14. The van der Waals surface area contributed by atoms with E-state index in [0.717, 1.165) is 18.4 Å². The fourth-order valence-electron chi connectivity index (χ4n) is 3.04. The Kier molecular flexibility index (Phi) is 6.32. The number of aryl methyl sites for hydroxylation is 2. The highest BCUT2D eigenvalue weighted by Crippen LogP contribution is 2.13. The predicted octanol–water partition coefficient (Wildman–Crippen LogP) is 2.82. The molecule has 1 atom stereocenters. The van der Waals surface area contributed by atoms with Crippen LogP contribution in [-0.4, -0.2) is 26.9 Å². The van der Waals surface area contributed by atoms with E-state index in [1.54, 1.807) is 25.4 Å². The van der Waals surface area contributed by atoms with Gasteiger partial charge >= 0.3 is 0 Å². The molecule has 0 spiro atoms. The molecule has 3 aromatic rings. The van der Waals surface area contributed by atoms with E-state index in [1.807, 2.05) is 31.2 Å². The van der Waals surface area contributed by atoms with Crippen molar-refractivity contribution in [3.63, 3.8) is 0 Å². The topological polar surface area (TPSA) is 87.7 Å². The lowest BCUT2D eigenvalue weighted by Crippen LogP contribution is -2.35. The largest absolute Gasteiger partial charge is 0.353 e. The first kappa shape index (κ1) is 19.5. The molecular formula is C22H24N4O2. The second-order valence-corrected chi connectivity index (χ2v) is 6.89. The summed E-state index contributed by atoms with van der Waals surface area (Å²) in [6.45, 7) is 3.72. The number of rotatable bonds is 7. The van der Waals surface area contributed by atoms with Gasteiger partial charge in [-0.25, -0.2) is 4.98 Å². The second kappa shape index (κ2) is 9.08. The number of amides is 1. The molecule has 3 rings (SSSR count). The van der Waals surface area contributed by atoms with Crippen molar-refractivity contribution in [1.29, 1.82) is 0 Å². The van der Waals surface area contributed by atoms with Gasteiger partial charge in [-0.1, -0.05) is 30.3 Å². The number of hydrogen-bond acceptors (Lipinski definition) is 4. The van der Waals surface area contributed by atoms with Crippen LogP contribution in [0, 0.1) is 6.92 Å². The zero-order valence-corrected chi connectivity index (χ0v) is 16.1. The first-order valence-corrected chi connectivity index (χ1v) is 9.36. The van der Waals surface area contributed by atoms with Crippen molar-refractivity contribution in [2.24, 2.45) is 0 Å². The monoisotopic (exact) mass is 376 g/mol. The number of carbonyl (C=O) groups excluding carboxylic acids is 1. The molecule has 144 valence electrons. The fourth-order valence-corrected chi connectivity index (χ4v) is 3.04. The third kappa shape index (κ3) is 5.13. The van der Waals surface area contributed by atoms with Gasteiger partial charge in [0.15, 0.2) is 0 Å². The number of hydrogen-bond donors (Lipinski definition) is 2. The summed E-state index contributed by atoms with van der Waals surface area (Å²) in [5, 5.41) is 2.97. The van der Waals surface area contributed by atoms with E-state index >= 15 is 0 Å². The van der Waals surface area contributed by atoms with E-state index in [0.29, 0.717) is 17.1 Å². The van der Waals surface area contributed by atoms with Gasteiger partial charge in [0.1, 0.15) is 5.82 Å². The molecule has 1 unspecified atom stereocenters. The van der Waals surface area contributed by atoms with E-state index in [2.05, 4.69) is 32.4 Å². The van der Waals surface area contributed by atoms with Crippen LogP contribution < -0.4 is 10.9 Å². The standard InChI is InChI=1S/C22H24N4O2/c1-15(10-11-17-7-4-3-5-8-17)24-20(27)13-19-16(2)25-21(26-22(19)28)18-9-6-12-23-14-18/h3-9,12,14-15H,10-11,13H2,1-2H3,(H,24,27)(H,25,26,28). The van der Waals surface area contributed by atoms with Crippen LogP contribution in [0.25, 0.3) is 11.4 Å². The number of benzene rings is 1. The number of pyridine rings is 1. The molecule has 0 aliphatic rings. The quantitative estimate of drug-likeness (QED) is 0.664. The van der Waals surface area contributed by atoms with Crippen molar-refractivity contribution in [2.75, 3.05) is 0 Å². The van der Waals surface area contributed by atoms with Crippen molar-refractivity contribution in [1.82, 2.24) is 20.3 Å². The van der Waals surface area contributed by atoms with Crippen LogP contribution in [-0.2, 0) is 17.6 Å². The van der Waals surface area contributed by atoms with Crippen LogP contribution in [0.15, 0.2) is 59.7 Å². The summed E-state index contributed by atoms with van der Waals surface area (Å²) >= 11 is 0. The van der Waals surface area contributed by atoms with Crippen molar-refractivity contribution in [3.05, 3.63) is 82.0 Å². The average Bonchev–Trinajstić information content (AvgIpc) is 2.70. The molecule has 2 heterocycles. The smallest absolute Gasteiger partial charge is 0.255 e. The SMILES string of the molecule is Cc1nc(-c2cccnc2)[nH]c(=O)c1CC(=O)NC(C)CCc1ccccc1. The Morgan fingerprint density at radius 3 is 2.64 bits per heavy atom. The first-order valence-electron chi connectivity index (χ1n) is 9.36. The molecule has 6 nitrogen and oxygen atoms in total. The van der Waals surface area contributed by atoms with E-state index < -0.39 is 0 Å². The van der Waals surface area contributed by atoms with Crippen LogP contribution in [0.5, 0.6) is 0 Å². The summed E-state index contributed by atoms with van der Waals surface area (Å²) in [5.74, 6) is 0.279. The predicted molar refractivity (Wildman–Crippen MR) is 109 cm³/mol. The maximum atomic E-state index is 12.5. The fraction of sp³-hybridized carbons (Fsp3) is 0.273. The van der Waals surface area contributed by atoms with Crippen LogP contribution in [0.1, 0.15) is 30.2 Å². The van der Waals surface area contributed by atoms with Gasteiger partial charge in [0, 0.05) is 35.3 Å². The third-order valence-corrected chi connectivity index (χ3v) is 4.61.